The number of amides is 1. The first-order chi connectivity index (χ1) is 19.3. The largest absolute Gasteiger partial charge is 0.489 e. The third-order valence-corrected chi connectivity index (χ3v) is 8.65. The quantitative estimate of drug-likeness (QED) is 0.277. The predicted octanol–water partition coefficient (Wildman–Crippen LogP) is 7.32. The molecule has 5 nitrogen and oxygen atoms in total. The minimum Gasteiger partial charge on any atom is -0.489 e. The van der Waals surface area contributed by atoms with Crippen molar-refractivity contribution < 1.29 is 9.53 Å². The molecule has 2 aromatic carbocycles. The van der Waals surface area contributed by atoms with E-state index in [0.29, 0.717) is 30.5 Å². The van der Waals surface area contributed by atoms with Crippen LogP contribution >= 0.6 is 0 Å². The van der Waals surface area contributed by atoms with Gasteiger partial charge in [-0.25, -0.2) is 0 Å². The molecule has 0 spiro atoms. The van der Waals surface area contributed by atoms with Gasteiger partial charge >= 0.3 is 0 Å². The normalized spacial score (nSPS) is 20.4. The zero-order valence-electron chi connectivity index (χ0n) is 25.5. The second kappa shape index (κ2) is 14.7. The van der Waals surface area contributed by atoms with Gasteiger partial charge in [0.25, 0.3) is 0 Å². The Kier molecular flexibility index (Phi) is 11.1. The third kappa shape index (κ3) is 8.36. The number of benzene rings is 2. The minimum absolute atomic E-state index is 0.0595. The van der Waals surface area contributed by atoms with Gasteiger partial charge in [0, 0.05) is 37.4 Å². The lowest BCUT2D eigenvalue weighted by atomic mass is 9.93. The molecule has 1 amide bonds. The predicted molar refractivity (Wildman–Crippen MR) is 167 cm³/mol. The van der Waals surface area contributed by atoms with Gasteiger partial charge in [-0.2, -0.15) is 0 Å². The van der Waals surface area contributed by atoms with Crippen LogP contribution in [0.5, 0.6) is 5.75 Å². The Morgan fingerprint density at radius 2 is 1.70 bits per heavy atom. The van der Waals surface area contributed by atoms with Gasteiger partial charge in [0.1, 0.15) is 12.4 Å². The second-order valence-electron chi connectivity index (χ2n) is 12.5. The fourth-order valence-corrected chi connectivity index (χ4v) is 6.12. The van der Waals surface area contributed by atoms with Crippen molar-refractivity contribution in [3.63, 3.8) is 0 Å². The number of ether oxygens (including phenoxy) is 1. The number of hydrogen-bond donors (Lipinski definition) is 0. The van der Waals surface area contributed by atoms with E-state index in [1.165, 1.54) is 23.2 Å². The van der Waals surface area contributed by atoms with Crippen LogP contribution < -0.4 is 9.64 Å². The van der Waals surface area contributed by atoms with Crippen molar-refractivity contribution in [1.82, 2.24) is 9.80 Å². The molecule has 0 aromatic heterocycles. The van der Waals surface area contributed by atoms with E-state index < -0.39 is 0 Å². The molecule has 2 fully saturated rings. The molecule has 2 aliphatic heterocycles. The van der Waals surface area contributed by atoms with E-state index in [-0.39, 0.29) is 6.04 Å². The molecule has 2 saturated heterocycles. The molecule has 2 aliphatic rings. The summed E-state index contributed by atoms with van der Waals surface area (Å²) in [7, 11) is 0. The monoisotopic (exact) mass is 545 g/mol. The van der Waals surface area contributed by atoms with Gasteiger partial charge < -0.3 is 14.5 Å². The Morgan fingerprint density at radius 1 is 1.00 bits per heavy atom. The number of rotatable bonds is 11. The molecule has 5 heteroatoms. The molecule has 2 aromatic rings. The van der Waals surface area contributed by atoms with Crippen LogP contribution in [0, 0.1) is 5.92 Å². The summed E-state index contributed by atoms with van der Waals surface area (Å²) in [4.78, 5) is 21.0. The van der Waals surface area contributed by atoms with Crippen LogP contribution in [0.2, 0.25) is 0 Å². The van der Waals surface area contributed by atoms with E-state index in [0.717, 1.165) is 64.0 Å². The zero-order chi connectivity index (χ0) is 28.5. The summed E-state index contributed by atoms with van der Waals surface area (Å²) < 4.78 is 6.04. The molecule has 0 N–H and O–H groups in total. The second-order valence-corrected chi connectivity index (χ2v) is 12.5. The van der Waals surface area contributed by atoms with E-state index in [2.05, 4.69) is 91.8 Å². The number of piperidine rings is 2. The lowest BCUT2D eigenvalue weighted by Gasteiger charge is -2.44. The molecule has 0 saturated carbocycles. The summed E-state index contributed by atoms with van der Waals surface area (Å²) in [6.07, 6.45) is 8.85. The number of allylic oxidation sites excluding steroid dienone is 1. The highest BCUT2D eigenvalue weighted by atomic mass is 16.5. The first kappa shape index (κ1) is 30.2. The third-order valence-electron chi connectivity index (χ3n) is 8.65. The Hall–Kier alpha value is -2.79. The zero-order valence-corrected chi connectivity index (χ0v) is 25.5. The van der Waals surface area contributed by atoms with Gasteiger partial charge in [-0.3, -0.25) is 9.69 Å². The van der Waals surface area contributed by atoms with Gasteiger partial charge in [0.2, 0.25) is 5.91 Å². The van der Waals surface area contributed by atoms with Gasteiger partial charge in [-0.05, 0) is 102 Å². The summed E-state index contributed by atoms with van der Waals surface area (Å²) in [5, 5.41) is 0. The molecule has 4 rings (SSSR count). The molecule has 0 bridgehead atoms. The fraction of sp³-hybridized carbons (Fsp3) is 0.571. The maximum Gasteiger partial charge on any atom is 0.239 e. The summed E-state index contributed by atoms with van der Waals surface area (Å²) in [5.74, 6) is 1.92. The average Bonchev–Trinajstić information content (AvgIpc) is 2.96. The number of likely N-dealkylation sites (tertiary alicyclic amines) is 2. The molecule has 2 atom stereocenters. The van der Waals surface area contributed by atoms with Gasteiger partial charge in [0.15, 0.2) is 0 Å². The summed E-state index contributed by atoms with van der Waals surface area (Å²) in [6, 6.07) is 19.8. The van der Waals surface area contributed by atoms with Gasteiger partial charge in [0.05, 0.1) is 6.04 Å². The van der Waals surface area contributed by atoms with Crippen molar-refractivity contribution in [3.05, 3.63) is 71.8 Å². The maximum atomic E-state index is 13.8. The average molecular weight is 546 g/mol. The van der Waals surface area contributed by atoms with Gasteiger partial charge in [-0.15, -0.1) is 0 Å². The van der Waals surface area contributed by atoms with Crippen LogP contribution in [0.4, 0.5) is 5.69 Å². The Morgan fingerprint density at radius 3 is 2.35 bits per heavy atom. The van der Waals surface area contributed by atoms with Crippen LogP contribution in [0.1, 0.15) is 78.7 Å². The van der Waals surface area contributed by atoms with E-state index >= 15 is 0 Å². The van der Waals surface area contributed by atoms with E-state index in [1.807, 2.05) is 18.2 Å². The molecule has 40 heavy (non-hydrogen) atoms. The van der Waals surface area contributed by atoms with Crippen LogP contribution in [0.25, 0.3) is 0 Å². The Bertz CT molecular complexity index is 1070. The van der Waals surface area contributed by atoms with E-state index in [1.54, 1.807) is 0 Å². The standard InChI is InChI=1S/C35H51N3O2/c1-27(2)18-24-37-29(5)10-9-13-34(37)35(39)36-22-20-32(21-23-36)38(25-19-28(3)4)31-14-16-33(17-15-31)40-26-30-11-7-6-8-12-30/h6-8,11-12,14-17,19,27,29,32,34H,9-10,13,18,20-26H2,1-5H3. The molecule has 0 radical (unpaired) electrons. The van der Waals surface area contributed by atoms with Crippen LogP contribution in [0.15, 0.2) is 66.2 Å². The topological polar surface area (TPSA) is 36.0 Å². The molecule has 0 aliphatic carbocycles. The number of carbonyl (C=O) groups excluding carboxylic acids is 1. The molecular weight excluding hydrogens is 494 g/mol. The van der Waals surface area contributed by atoms with Crippen molar-refractivity contribution in [1.29, 1.82) is 0 Å². The number of anilines is 1. The highest BCUT2D eigenvalue weighted by Crippen LogP contribution is 2.29. The first-order valence-corrected chi connectivity index (χ1v) is 15.5. The Labute approximate surface area is 243 Å². The van der Waals surface area contributed by atoms with Crippen molar-refractivity contribution in [2.45, 2.75) is 97.9 Å². The lowest BCUT2D eigenvalue weighted by molar-refractivity contribution is -0.140. The van der Waals surface area contributed by atoms with Crippen LogP contribution in [-0.2, 0) is 11.4 Å². The van der Waals surface area contributed by atoms with Crippen molar-refractivity contribution in [2.24, 2.45) is 5.92 Å². The summed E-state index contributed by atoms with van der Waals surface area (Å²) >= 11 is 0. The fourth-order valence-electron chi connectivity index (χ4n) is 6.12. The lowest BCUT2D eigenvalue weighted by Crippen LogP contribution is -2.56. The minimum atomic E-state index is 0.0595. The highest BCUT2D eigenvalue weighted by molar-refractivity contribution is 5.82. The van der Waals surface area contributed by atoms with E-state index in [9.17, 15) is 4.79 Å². The van der Waals surface area contributed by atoms with Gasteiger partial charge in [-0.1, -0.05) is 55.8 Å². The number of carbonyl (C=O) groups is 1. The molecule has 2 heterocycles. The van der Waals surface area contributed by atoms with Crippen molar-refractivity contribution in [3.8, 4) is 5.75 Å². The number of nitrogens with zero attached hydrogens (tertiary/aromatic N) is 3. The summed E-state index contributed by atoms with van der Waals surface area (Å²) in [6.45, 7) is 15.4. The number of hydrogen-bond acceptors (Lipinski definition) is 4. The van der Waals surface area contributed by atoms with E-state index in [4.69, 9.17) is 4.74 Å². The molecular formula is C35H51N3O2. The van der Waals surface area contributed by atoms with Crippen molar-refractivity contribution >= 4 is 11.6 Å². The molecule has 218 valence electrons. The summed E-state index contributed by atoms with van der Waals surface area (Å²) in [5.41, 5.74) is 3.72. The van der Waals surface area contributed by atoms with Crippen molar-refractivity contribution in [2.75, 3.05) is 31.1 Å². The van der Waals surface area contributed by atoms with Crippen LogP contribution in [0.3, 0.4) is 0 Å². The Balaban J connectivity index is 1.38. The highest BCUT2D eigenvalue weighted by Gasteiger charge is 2.37. The molecule has 2 unspecified atom stereocenters. The maximum absolute atomic E-state index is 13.8. The van der Waals surface area contributed by atoms with Crippen LogP contribution in [-0.4, -0.2) is 60.0 Å². The first-order valence-electron chi connectivity index (χ1n) is 15.5. The SMILES string of the molecule is CC(C)=CCN(c1ccc(OCc2ccccc2)cc1)C1CCN(C(=O)C2CCCC(C)N2CCC(C)C)CC1. The smallest absolute Gasteiger partial charge is 0.239 e.